The molecule has 7 nitrogen and oxygen atoms in total. The number of nitrogens with one attached hydrogen (secondary N) is 1. The Balaban J connectivity index is 3.46. The standard InChI is InChI=1S/C12H19N3O4S/c1-5-6-14(4)20(18,19)12-8-11(15(16)17)10(13-3)7-9(12)2/h7-8,13H,5-6H2,1-4H3. The molecule has 0 amide bonds. The number of benzene rings is 1. The van der Waals surface area contributed by atoms with E-state index < -0.39 is 14.9 Å². The van der Waals surface area contributed by atoms with Gasteiger partial charge in [0.2, 0.25) is 10.0 Å². The van der Waals surface area contributed by atoms with Gasteiger partial charge in [0.15, 0.2) is 0 Å². The van der Waals surface area contributed by atoms with Crippen LogP contribution in [0.3, 0.4) is 0 Å². The molecule has 20 heavy (non-hydrogen) atoms. The van der Waals surface area contributed by atoms with E-state index in [0.717, 1.165) is 6.07 Å². The summed E-state index contributed by atoms with van der Waals surface area (Å²) in [6.07, 6.45) is 0.672. The van der Waals surface area contributed by atoms with Crippen molar-refractivity contribution in [1.82, 2.24) is 4.31 Å². The molecule has 0 saturated heterocycles. The molecule has 0 saturated carbocycles. The van der Waals surface area contributed by atoms with E-state index in [1.165, 1.54) is 17.4 Å². The van der Waals surface area contributed by atoms with Crippen LogP contribution < -0.4 is 5.32 Å². The number of nitro benzene ring substituents is 1. The van der Waals surface area contributed by atoms with Gasteiger partial charge in [-0.1, -0.05) is 6.92 Å². The van der Waals surface area contributed by atoms with Gasteiger partial charge in [0.1, 0.15) is 5.69 Å². The molecule has 112 valence electrons. The summed E-state index contributed by atoms with van der Waals surface area (Å²) in [7, 11) is -0.689. The van der Waals surface area contributed by atoms with Gasteiger partial charge < -0.3 is 5.32 Å². The van der Waals surface area contributed by atoms with Crippen LogP contribution in [-0.2, 0) is 10.0 Å². The third-order valence-corrected chi connectivity index (χ3v) is 4.98. The van der Waals surface area contributed by atoms with Crippen LogP contribution in [0.4, 0.5) is 11.4 Å². The highest BCUT2D eigenvalue weighted by atomic mass is 32.2. The fourth-order valence-electron chi connectivity index (χ4n) is 1.91. The summed E-state index contributed by atoms with van der Waals surface area (Å²) in [5.41, 5.74) is 0.522. The van der Waals surface area contributed by atoms with Crippen molar-refractivity contribution in [2.24, 2.45) is 0 Å². The molecule has 0 aromatic heterocycles. The second kappa shape index (κ2) is 6.19. The van der Waals surface area contributed by atoms with Gasteiger partial charge in [0.25, 0.3) is 5.69 Å². The first-order valence-corrected chi connectivity index (χ1v) is 7.62. The minimum absolute atomic E-state index is 0.0286. The monoisotopic (exact) mass is 301 g/mol. The van der Waals surface area contributed by atoms with Gasteiger partial charge >= 0.3 is 0 Å². The first-order chi connectivity index (χ1) is 9.25. The highest BCUT2D eigenvalue weighted by Gasteiger charge is 2.26. The number of hydrogen-bond acceptors (Lipinski definition) is 5. The third kappa shape index (κ3) is 3.07. The largest absolute Gasteiger partial charge is 0.383 e. The van der Waals surface area contributed by atoms with Gasteiger partial charge in [-0.25, -0.2) is 12.7 Å². The normalized spacial score (nSPS) is 11.7. The Kier molecular flexibility index (Phi) is 5.07. The van der Waals surface area contributed by atoms with Crippen LogP contribution in [0.15, 0.2) is 17.0 Å². The van der Waals surface area contributed by atoms with Crippen molar-refractivity contribution in [3.05, 3.63) is 27.8 Å². The number of rotatable bonds is 6. The second-order valence-electron chi connectivity index (χ2n) is 4.47. The number of aryl methyl sites for hydroxylation is 1. The molecule has 0 atom stereocenters. The molecule has 0 aliphatic carbocycles. The third-order valence-electron chi connectivity index (χ3n) is 2.99. The topological polar surface area (TPSA) is 92.5 Å². The lowest BCUT2D eigenvalue weighted by Gasteiger charge is -2.18. The average molecular weight is 301 g/mol. The summed E-state index contributed by atoms with van der Waals surface area (Å²) in [6.45, 7) is 3.85. The number of nitrogens with zero attached hydrogens (tertiary/aromatic N) is 2. The van der Waals surface area contributed by atoms with Crippen molar-refractivity contribution >= 4 is 21.4 Å². The maximum absolute atomic E-state index is 12.4. The molecule has 1 rings (SSSR count). The van der Waals surface area contributed by atoms with Crippen molar-refractivity contribution in [3.63, 3.8) is 0 Å². The molecule has 0 aliphatic heterocycles. The lowest BCUT2D eigenvalue weighted by atomic mass is 10.2. The zero-order chi connectivity index (χ0) is 15.5. The van der Waals surface area contributed by atoms with Gasteiger partial charge in [-0.15, -0.1) is 0 Å². The maximum Gasteiger partial charge on any atom is 0.293 e. The maximum atomic E-state index is 12.4. The first kappa shape index (κ1) is 16.4. The summed E-state index contributed by atoms with van der Waals surface area (Å²) >= 11 is 0. The predicted octanol–water partition coefficient (Wildman–Crippen LogP) is 1.98. The van der Waals surface area contributed by atoms with Crippen molar-refractivity contribution < 1.29 is 13.3 Å². The summed E-state index contributed by atoms with van der Waals surface area (Å²) < 4.78 is 26.0. The van der Waals surface area contributed by atoms with Crippen LogP contribution in [0.5, 0.6) is 0 Å². The van der Waals surface area contributed by atoms with E-state index in [1.54, 1.807) is 14.0 Å². The fourth-order valence-corrected chi connectivity index (χ4v) is 3.39. The molecule has 0 heterocycles. The minimum Gasteiger partial charge on any atom is -0.383 e. The number of hydrogen-bond donors (Lipinski definition) is 1. The first-order valence-electron chi connectivity index (χ1n) is 6.18. The quantitative estimate of drug-likeness (QED) is 0.640. The molecule has 0 radical (unpaired) electrons. The van der Waals surface area contributed by atoms with E-state index in [4.69, 9.17) is 0 Å². The molecule has 0 bridgehead atoms. The zero-order valence-corrected chi connectivity index (χ0v) is 12.8. The van der Waals surface area contributed by atoms with Crippen LogP contribution in [-0.4, -0.2) is 38.3 Å². The van der Waals surface area contributed by atoms with Crippen molar-refractivity contribution in [3.8, 4) is 0 Å². The number of anilines is 1. The van der Waals surface area contributed by atoms with Gasteiger partial charge in [-0.05, 0) is 25.0 Å². The average Bonchev–Trinajstić information content (AvgIpc) is 2.37. The van der Waals surface area contributed by atoms with Gasteiger partial charge in [0, 0.05) is 26.7 Å². The molecular weight excluding hydrogens is 282 g/mol. The van der Waals surface area contributed by atoms with E-state index in [9.17, 15) is 18.5 Å². The van der Waals surface area contributed by atoms with Crippen molar-refractivity contribution in [2.75, 3.05) is 26.0 Å². The van der Waals surface area contributed by atoms with Gasteiger partial charge in [0.05, 0.1) is 9.82 Å². The van der Waals surface area contributed by atoms with Crippen molar-refractivity contribution in [1.29, 1.82) is 0 Å². The van der Waals surface area contributed by atoms with E-state index >= 15 is 0 Å². The van der Waals surface area contributed by atoms with Crippen LogP contribution in [0.25, 0.3) is 0 Å². The fraction of sp³-hybridized carbons (Fsp3) is 0.500. The Morgan fingerprint density at radius 3 is 2.45 bits per heavy atom. The Morgan fingerprint density at radius 1 is 1.40 bits per heavy atom. The summed E-state index contributed by atoms with van der Waals surface area (Å²) in [4.78, 5) is 10.4. The molecule has 1 aromatic rings. The number of nitro groups is 1. The Hall–Kier alpha value is -1.67. The summed E-state index contributed by atoms with van der Waals surface area (Å²) in [5, 5.41) is 13.7. The lowest BCUT2D eigenvalue weighted by molar-refractivity contribution is -0.384. The lowest BCUT2D eigenvalue weighted by Crippen LogP contribution is -2.28. The van der Waals surface area contributed by atoms with Crippen LogP contribution in [0.2, 0.25) is 0 Å². The van der Waals surface area contributed by atoms with Gasteiger partial charge in [-0.3, -0.25) is 10.1 Å². The molecule has 1 aromatic carbocycles. The highest BCUT2D eigenvalue weighted by molar-refractivity contribution is 7.89. The van der Waals surface area contributed by atoms with E-state index in [1.807, 2.05) is 6.92 Å². The molecule has 8 heteroatoms. The molecule has 0 unspecified atom stereocenters. The van der Waals surface area contributed by atoms with Gasteiger partial charge in [-0.2, -0.15) is 0 Å². The van der Waals surface area contributed by atoms with Crippen LogP contribution in [0, 0.1) is 17.0 Å². The SMILES string of the molecule is CCCN(C)S(=O)(=O)c1cc([N+](=O)[O-])c(NC)cc1C. The van der Waals surface area contributed by atoms with E-state index in [2.05, 4.69) is 5.32 Å². The molecular formula is C12H19N3O4S. The molecule has 0 spiro atoms. The highest BCUT2D eigenvalue weighted by Crippen LogP contribution is 2.31. The number of sulfonamides is 1. The predicted molar refractivity (Wildman–Crippen MR) is 77.5 cm³/mol. The smallest absolute Gasteiger partial charge is 0.293 e. The van der Waals surface area contributed by atoms with Crippen LogP contribution >= 0.6 is 0 Å². The Bertz CT molecular complexity index is 613. The zero-order valence-electron chi connectivity index (χ0n) is 12.0. The summed E-state index contributed by atoms with van der Waals surface area (Å²) in [6, 6.07) is 2.59. The Morgan fingerprint density at radius 2 is 2.00 bits per heavy atom. The minimum atomic E-state index is -3.71. The Labute approximate surface area is 118 Å². The second-order valence-corrected chi connectivity index (χ2v) is 6.48. The summed E-state index contributed by atoms with van der Waals surface area (Å²) in [5.74, 6) is 0. The van der Waals surface area contributed by atoms with E-state index in [0.29, 0.717) is 24.2 Å². The van der Waals surface area contributed by atoms with Crippen LogP contribution in [0.1, 0.15) is 18.9 Å². The van der Waals surface area contributed by atoms with E-state index in [-0.39, 0.29) is 10.6 Å². The van der Waals surface area contributed by atoms with Crippen molar-refractivity contribution in [2.45, 2.75) is 25.2 Å². The molecule has 0 aliphatic rings. The molecule has 1 N–H and O–H groups in total. The molecule has 0 fully saturated rings.